The van der Waals surface area contributed by atoms with Crippen LogP contribution in [0.4, 0.5) is 0 Å². The Morgan fingerprint density at radius 2 is 2.06 bits per heavy atom. The molecule has 0 spiro atoms. The van der Waals surface area contributed by atoms with Gasteiger partial charge < -0.3 is 4.79 Å². The van der Waals surface area contributed by atoms with Crippen molar-refractivity contribution >= 4 is 12.6 Å². The molecule has 0 N–H and O–H groups in total. The van der Waals surface area contributed by atoms with E-state index in [-0.39, 0.29) is 17.3 Å². The minimum Gasteiger partial charge on any atom is -0.303 e. The molecule has 0 saturated heterocycles. The highest BCUT2D eigenvalue weighted by atomic mass is 16.1. The quantitative estimate of drug-likeness (QED) is 0.426. The van der Waals surface area contributed by atoms with Crippen molar-refractivity contribution in [3.8, 4) is 0 Å². The average molecular weight is 232 g/mol. The van der Waals surface area contributed by atoms with Gasteiger partial charge in [-0.2, -0.15) is 0 Å². The molecule has 0 bridgehead atoms. The molecule has 0 aliphatic heterocycles. The molecule has 2 rings (SSSR count). The largest absolute Gasteiger partial charge is 0.303 e. The van der Waals surface area contributed by atoms with E-state index in [1.807, 2.05) is 0 Å². The molecule has 2 aliphatic rings. The summed E-state index contributed by atoms with van der Waals surface area (Å²) in [6, 6.07) is 0. The summed E-state index contributed by atoms with van der Waals surface area (Å²) < 4.78 is 0. The van der Waals surface area contributed by atoms with Crippen LogP contribution in [0.15, 0.2) is 24.3 Å². The number of fused-ring (bicyclic) bond motifs is 1. The summed E-state index contributed by atoms with van der Waals surface area (Å²) in [4.78, 5) is 22.3. The van der Waals surface area contributed by atoms with E-state index in [9.17, 15) is 9.59 Å². The summed E-state index contributed by atoms with van der Waals surface area (Å²) in [5.41, 5.74) is 1.76. The molecule has 2 nitrogen and oxygen atoms in total. The lowest BCUT2D eigenvalue weighted by atomic mass is 9.78. The van der Waals surface area contributed by atoms with Crippen molar-refractivity contribution in [2.45, 2.75) is 26.7 Å². The highest BCUT2D eigenvalue weighted by Gasteiger charge is 2.63. The van der Waals surface area contributed by atoms with Crippen LogP contribution in [0.1, 0.15) is 26.7 Å². The van der Waals surface area contributed by atoms with Gasteiger partial charge in [-0.1, -0.05) is 32.6 Å². The normalized spacial score (nSPS) is 38.8. The fourth-order valence-electron chi connectivity index (χ4n) is 3.76. The Hall–Kier alpha value is -1.18. The molecule has 2 fully saturated rings. The van der Waals surface area contributed by atoms with Gasteiger partial charge in [-0.25, -0.2) is 0 Å². The van der Waals surface area contributed by atoms with Crippen LogP contribution in [0.5, 0.6) is 0 Å². The van der Waals surface area contributed by atoms with Gasteiger partial charge in [-0.05, 0) is 35.7 Å². The van der Waals surface area contributed by atoms with Gasteiger partial charge in [0, 0.05) is 11.8 Å². The SMILES string of the molecule is C=C(C=O)[C@@H]1[C@@H]2[C@H](CCC(=C)[C@H]1C=O)C2(C)C. The van der Waals surface area contributed by atoms with Crippen LogP contribution in [-0.2, 0) is 9.59 Å². The Morgan fingerprint density at radius 3 is 2.59 bits per heavy atom. The van der Waals surface area contributed by atoms with Gasteiger partial charge in [-0.15, -0.1) is 0 Å². The molecular formula is C15H20O2. The molecule has 2 heteroatoms. The third-order valence-electron chi connectivity index (χ3n) is 4.89. The Labute approximate surface area is 103 Å². The van der Waals surface area contributed by atoms with E-state index in [1.165, 1.54) is 0 Å². The minimum absolute atomic E-state index is 0.0278. The smallest absolute Gasteiger partial charge is 0.145 e. The summed E-state index contributed by atoms with van der Waals surface area (Å²) >= 11 is 0. The molecule has 0 unspecified atom stereocenters. The fourth-order valence-corrected chi connectivity index (χ4v) is 3.76. The number of rotatable bonds is 3. The van der Waals surface area contributed by atoms with Gasteiger partial charge in [0.2, 0.25) is 0 Å². The fraction of sp³-hybridized carbons (Fsp3) is 0.600. The summed E-state index contributed by atoms with van der Waals surface area (Å²) in [5, 5.41) is 0. The number of hydrogen-bond acceptors (Lipinski definition) is 2. The van der Waals surface area contributed by atoms with Crippen molar-refractivity contribution in [1.82, 2.24) is 0 Å². The van der Waals surface area contributed by atoms with Gasteiger partial charge in [0.25, 0.3) is 0 Å². The first kappa shape index (κ1) is 12.3. The van der Waals surface area contributed by atoms with Crippen LogP contribution in [0.2, 0.25) is 0 Å². The van der Waals surface area contributed by atoms with Crippen molar-refractivity contribution in [2.75, 3.05) is 0 Å². The van der Waals surface area contributed by atoms with Crippen LogP contribution < -0.4 is 0 Å². The molecule has 0 heterocycles. The standard InChI is InChI=1S/C15H20O2/c1-9-5-6-12-14(15(12,3)4)13(10(2)7-16)11(9)8-17/h7-8,11-14H,1-2,5-6H2,3-4H3/t11-,12+,13+,14+/m1/s1. The van der Waals surface area contributed by atoms with Crippen LogP contribution in [-0.4, -0.2) is 12.6 Å². The zero-order chi connectivity index (χ0) is 12.8. The molecule has 0 aromatic carbocycles. The lowest BCUT2D eigenvalue weighted by Gasteiger charge is -2.25. The van der Waals surface area contributed by atoms with Crippen LogP contribution in [0, 0.1) is 29.1 Å². The highest BCUT2D eigenvalue weighted by molar-refractivity contribution is 5.76. The van der Waals surface area contributed by atoms with Crippen LogP contribution >= 0.6 is 0 Å². The van der Waals surface area contributed by atoms with Gasteiger partial charge in [0.15, 0.2) is 0 Å². The second kappa shape index (κ2) is 3.94. The predicted molar refractivity (Wildman–Crippen MR) is 67.4 cm³/mol. The Kier molecular flexibility index (Phi) is 2.84. The molecule has 2 aliphatic carbocycles. The number of allylic oxidation sites excluding steroid dienone is 2. The lowest BCUT2D eigenvalue weighted by molar-refractivity contribution is -0.111. The summed E-state index contributed by atoms with van der Waals surface area (Å²) in [6.07, 6.45) is 3.75. The van der Waals surface area contributed by atoms with Crippen molar-refractivity contribution in [3.63, 3.8) is 0 Å². The Morgan fingerprint density at radius 1 is 1.41 bits per heavy atom. The van der Waals surface area contributed by atoms with E-state index in [0.29, 0.717) is 17.4 Å². The zero-order valence-electron chi connectivity index (χ0n) is 10.6. The van der Waals surface area contributed by atoms with E-state index < -0.39 is 0 Å². The average Bonchev–Trinajstić information content (AvgIpc) is 2.87. The number of hydrogen-bond donors (Lipinski definition) is 0. The van der Waals surface area contributed by atoms with Crippen molar-refractivity contribution < 1.29 is 9.59 Å². The molecule has 92 valence electrons. The summed E-state index contributed by atoms with van der Waals surface area (Å²) in [7, 11) is 0. The van der Waals surface area contributed by atoms with Gasteiger partial charge in [0.1, 0.15) is 12.6 Å². The molecular weight excluding hydrogens is 212 g/mol. The minimum atomic E-state index is -0.218. The van der Waals surface area contributed by atoms with Gasteiger partial charge in [-0.3, -0.25) is 4.79 Å². The molecule has 17 heavy (non-hydrogen) atoms. The van der Waals surface area contributed by atoms with Gasteiger partial charge >= 0.3 is 0 Å². The Balaban J connectivity index is 2.38. The second-order valence-electron chi connectivity index (χ2n) is 6.03. The summed E-state index contributed by atoms with van der Waals surface area (Å²) in [5.74, 6) is 0.769. The molecule has 0 aromatic heterocycles. The van der Waals surface area contributed by atoms with E-state index >= 15 is 0 Å². The van der Waals surface area contributed by atoms with Crippen molar-refractivity contribution in [2.24, 2.45) is 29.1 Å². The number of carbonyl (C=O) groups excluding carboxylic acids is 2. The monoisotopic (exact) mass is 232 g/mol. The predicted octanol–water partition coefficient (Wildman–Crippen LogP) is 2.80. The molecule has 4 atom stereocenters. The van der Waals surface area contributed by atoms with E-state index in [1.54, 1.807) is 0 Å². The topological polar surface area (TPSA) is 34.1 Å². The van der Waals surface area contributed by atoms with Gasteiger partial charge in [0.05, 0.1) is 0 Å². The maximum atomic E-state index is 11.3. The highest BCUT2D eigenvalue weighted by Crippen LogP contribution is 2.67. The Bertz CT molecular complexity index is 392. The molecule has 0 amide bonds. The van der Waals surface area contributed by atoms with Crippen molar-refractivity contribution in [1.29, 1.82) is 0 Å². The first-order chi connectivity index (χ1) is 7.95. The number of carbonyl (C=O) groups is 2. The van der Waals surface area contributed by atoms with Crippen LogP contribution in [0.25, 0.3) is 0 Å². The molecule has 0 radical (unpaired) electrons. The second-order valence-corrected chi connectivity index (χ2v) is 6.03. The first-order valence-corrected chi connectivity index (χ1v) is 6.22. The van der Waals surface area contributed by atoms with E-state index in [2.05, 4.69) is 27.0 Å². The van der Waals surface area contributed by atoms with Crippen molar-refractivity contribution in [3.05, 3.63) is 24.3 Å². The number of aldehydes is 2. The zero-order valence-corrected chi connectivity index (χ0v) is 10.6. The third kappa shape index (κ3) is 1.70. The molecule has 2 saturated carbocycles. The maximum Gasteiger partial charge on any atom is 0.145 e. The van der Waals surface area contributed by atoms with Crippen LogP contribution in [0.3, 0.4) is 0 Å². The lowest BCUT2D eigenvalue weighted by Crippen LogP contribution is -2.23. The molecule has 0 aromatic rings. The summed E-state index contributed by atoms with van der Waals surface area (Å²) in [6.45, 7) is 12.3. The third-order valence-corrected chi connectivity index (χ3v) is 4.89. The van der Waals surface area contributed by atoms with E-state index in [0.717, 1.165) is 31.0 Å². The first-order valence-electron chi connectivity index (χ1n) is 6.22. The van der Waals surface area contributed by atoms with E-state index in [4.69, 9.17) is 0 Å². The maximum absolute atomic E-state index is 11.3.